The van der Waals surface area contributed by atoms with Crippen LogP contribution in [0.5, 0.6) is 0 Å². The average Bonchev–Trinajstić information content (AvgIpc) is 1.78. The number of benzene rings is 15. The minimum Gasteiger partial charge on any atom is -0.310 e. The van der Waals surface area contributed by atoms with Gasteiger partial charge in [0.05, 0.1) is 11.0 Å². The average molecular weight is 1130 g/mol. The third-order valence-electron chi connectivity index (χ3n) is 19.0. The molecule has 0 saturated carbocycles. The maximum absolute atomic E-state index is 2.50. The summed E-state index contributed by atoms with van der Waals surface area (Å²) in [4.78, 5) is 2.42. The van der Waals surface area contributed by atoms with Crippen molar-refractivity contribution in [1.82, 2.24) is 4.57 Å². The molecule has 0 atom stereocenters. The van der Waals surface area contributed by atoms with Gasteiger partial charge in [-0.05, 0) is 200 Å². The van der Waals surface area contributed by atoms with Gasteiger partial charge in [0.2, 0.25) is 0 Å². The lowest BCUT2D eigenvalue weighted by Crippen LogP contribution is -2.16. The minimum absolute atomic E-state index is 0.291. The molecule has 0 spiro atoms. The quantitative estimate of drug-likeness (QED) is 0.124. The Kier molecular flexibility index (Phi) is 12.3. The topological polar surface area (TPSA) is 8.17 Å². The van der Waals surface area contributed by atoms with Crippen LogP contribution in [0.4, 0.5) is 17.1 Å². The Morgan fingerprint density at radius 3 is 1.21 bits per heavy atom. The first kappa shape index (κ1) is 52.0. The molecule has 0 fully saturated rings. The highest BCUT2D eigenvalue weighted by molar-refractivity contribution is 6.24. The van der Waals surface area contributed by atoms with Crippen molar-refractivity contribution in [3.63, 3.8) is 0 Å². The summed E-state index contributed by atoms with van der Waals surface area (Å²) < 4.78 is 2.45. The van der Waals surface area contributed by atoms with E-state index in [-0.39, 0.29) is 5.41 Å². The first-order valence-electron chi connectivity index (χ1n) is 31.0. The van der Waals surface area contributed by atoms with Gasteiger partial charge < -0.3 is 9.47 Å². The molecule has 1 heterocycles. The molecule has 15 aromatic carbocycles. The fraction of sp³-hybridized carbons (Fsp3) is 0.0345. The Morgan fingerprint density at radius 2 is 0.652 bits per heavy atom. The molecule has 0 aliphatic heterocycles. The van der Waals surface area contributed by atoms with Crippen LogP contribution in [0.15, 0.2) is 328 Å². The zero-order chi connectivity index (χ0) is 59.2. The molecule has 1 aliphatic carbocycles. The Labute approximate surface area is 519 Å². The summed E-state index contributed by atoms with van der Waals surface area (Å²) in [5.41, 5.74) is 26.4. The van der Waals surface area contributed by atoms with Crippen LogP contribution in [0, 0.1) is 0 Å². The summed E-state index contributed by atoms with van der Waals surface area (Å²) in [6, 6.07) is 121. The van der Waals surface area contributed by atoms with E-state index in [4.69, 9.17) is 0 Å². The summed E-state index contributed by atoms with van der Waals surface area (Å²) in [5.74, 6) is 0. The number of aromatic nitrogens is 1. The van der Waals surface area contributed by atoms with Crippen molar-refractivity contribution in [3.8, 4) is 83.6 Å². The van der Waals surface area contributed by atoms with Gasteiger partial charge in [0.15, 0.2) is 0 Å². The zero-order valence-corrected chi connectivity index (χ0v) is 49.6. The summed E-state index contributed by atoms with van der Waals surface area (Å²) in [7, 11) is 0. The molecule has 0 bridgehead atoms. The highest BCUT2D eigenvalue weighted by Crippen LogP contribution is 2.54. The predicted octanol–water partition coefficient (Wildman–Crippen LogP) is 24.0. The summed E-state index contributed by atoms with van der Waals surface area (Å²) in [5, 5.41) is 9.98. The molecule has 16 aromatic rings. The SMILES string of the molecule is CC1(C)c2cc(-c3c4ccccc4c(-c4cccc5ccccc45)c4ccccc34)ccc2-c2ccc(N(c3ccccc3)c3ccc(-n4c5ccc(-c6ccccc6-c6ccccc6)cc5c5cc(-c6ccccc6-c6ccccc6)ccc54)cc3)cc21. The van der Waals surface area contributed by atoms with E-state index >= 15 is 0 Å². The number of nitrogens with zero attached hydrogens (tertiary/aromatic N) is 2. The Bertz CT molecular complexity index is 5240. The van der Waals surface area contributed by atoms with E-state index in [9.17, 15) is 0 Å². The fourth-order valence-electron chi connectivity index (χ4n) is 14.8. The van der Waals surface area contributed by atoms with Gasteiger partial charge in [-0.25, -0.2) is 0 Å². The molecule has 1 aliphatic rings. The van der Waals surface area contributed by atoms with E-state index < -0.39 is 0 Å². The molecular formula is C87H60N2. The molecule has 0 radical (unpaired) electrons. The van der Waals surface area contributed by atoms with Crippen LogP contribution in [0.2, 0.25) is 0 Å². The van der Waals surface area contributed by atoms with Gasteiger partial charge in [0.25, 0.3) is 0 Å². The second kappa shape index (κ2) is 21.0. The molecule has 1 aromatic heterocycles. The normalized spacial score (nSPS) is 12.5. The largest absolute Gasteiger partial charge is 0.310 e. The van der Waals surface area contributed by atoms with Crippen LogP contribution in [0.1, 0.15) is 25.0 Å². The Hall–Kier alpha value is -11.3. The van der Waals surface area contributed by atoms with Crippen LogP contribution in [0.3, 0.4) is 0 Å². The summed E-state index contributed by atoms with van der Waals surface area (Å²) in [6.45, 7) is 4.82. The third-order valence-corrected chi connectivity index (χ3v) is 19.0. The van der Waals surface area contributed by atoms with Gasteiger partial charge in [-0.1, -0.05) is 263 Å². The molecule has 0 unspecified atom stereocenters. The third kappa shape index (κ3) is 8.55. The maximum atomic E-state index is 2.50. The van der Waals surface area contributed by atoms with Gasteiger partial charge in [-0.2, -0.15) is 0 Å². The van der Waals surface area contributed by atoms with Crippen LogP contribution < -0.4 is 4.90 Å². The van der Waals surface area contributed by atoms with E-state index in [1.807, 2.05) is 0 Å². The molecular weight excluding hydrogens is 1070 g/mol. The number of hydrogen-bond donors (Lipinski definition) is 0. The number of hydrogen-bond acceptors (Lipinski definition) is 1. The molecule has 0 amide bonds. The van der Waals surface area contributed by atoms with Crippen LogP contribution in [-0.2, 0) is 5.41 Å². The van der Waals surface area contributed by atoms with Crippen molar-refractivity contribution in [2.75, 3.05) is 4.90 Å². The second-order valence-electron chi connectivity index (χ2n) is 24.3. The first-order chi connectivity index (χ1) is 43.9. The van der Waals surface area contributed by atoms with E-state index in [1.165, 1.54) is 132 Å². The zero-order valence-electron chi connectivity index (χ0n) is 49.6. The monoisotopic (exact) mass is 1130 g/mol. The lowest BCUT2D eigenvalue weighted by Gasteiger charge is -2.28. The molecule has 0 saturated heterocycles. The van der Waals surface area contributed by atoms with Crippen molar-refractivity contribution < 1.29 is 0 Å². The van der Waals surface area contributed by atoms with Gasteiger partial charge in [0, 0.05) is 38.9 Å². The van der Waals surface area contributed by atoms with Crippen molar-refractivity contribution in [2.24, 2.45) is 0 Å². The molecule has 418 valence electrons. The number of para-hydroxylation sites is 1. The predicted molar refractivity (Wildman–Crippen MR) is 378 cm³/mol. The van der Waals surface area contributed by atoms with Crippen molar-refractivity contribution >= 4 is 71.2 Å². The Balaban J connectivity index is 0.767. The Morgan fingerprint density at radius 1 is 0.247 bits per heavy atom. The van der Waals surface area contributed by atoms with E-state index in [1.54, 1.807) is 0 Å². The van der Waals surface area contributed by atoms with E-state index in [0.29, 0.717) is 0 Å². The smallest absolute Gasteiger partial charge is 0.0541 e. The van der Waals surface area contributed by atoms with Gasteiger partial charge in [0.1, 0.15) is 0 Å². The van der Waals surface area contributed by atoms with Gasteiger partial charge >= 0.3 is 0 Å². The van der Waals surface area contributed by atoms with Crippen LogP contribution in [0.25, 0.3) is 138 Å². The van der Waals surface area contributed by atoms with E-state index in [2.05, 4.69) is 351 Å². The fourth-order valence-corrected chi connectivity index (χ4v) is 14.8. The van der Waals surface area contributed by atoms with Crippen molar-refractivity contribution in [1.29, 1.82) is 0 Å². The molecule has 2 nitrogen and oxygen atoms in total. The lowest BCUT2D eigenvalue weighted by atomic mass is 9.80. The molecule has 17 rings (SSSR count). The van der Waals surface area contributed by atoms with Gasteiger partial charge in [-0.3, -0.25) is 0 Å². The number of rotatable bonds is 10. The molecule has 2 heteroatoms. The maximum Gasteiger partial charge on any atom is 0.0541 e. The van der Waals surface area contributed by atoms with Crippen molar-refractivity contribution in [2.45, 2.75) is 19.3 Å². The van der Waals surface area contributed by atoms with Gasteiger partial charge in [-0.15, -0.1) is 0 Å². The first-order valence-corrected chi connectivity index (χ1v) is 31.0. The summed E-state index contributed by atoms with van der Waals surface area (Å²) >= 11 is 0. The highest BCUT2D eigenvalue weighted by atomic mass is 15.1. The lowest BCUT2D eigenvalue weighted by molar-refractivity contribution is 0.660. The standard InChI is InChI=1S/C87H60N2/c1-87(2)81-55-62(85-75-36-18-20-38-77(75)86(78-39-21-19-37-76(78)85)74-40-22-28-59-27-12-13-33-69(59)74)41-49-72(81)73-50-48-66(56-82(73)87)88(63-29-10-5-11-30-63)64-44-46-65(47-45-64)89-83-51-42-60(70-34-16-14-31-67(70)57-23-6-3-7-24-57)53-79(83)80-54-61(43-52-84(80)89)71-35-17-15-32-68(71)58-25-8-4-9-26-58/h3-56H,1-2H3. The highest BCUT2D eigenvalue weighted by Gasteiger charge is 2.37. The van der Waals surface area contributed by atoms with E-state index in [0.717, 1.165) is 33.8 Å². The minimum atomic E-state index is -0.291. The van der Waals surface area contributed by atoms with Crippen LogP contribution >= 0.6 is 0 Å². The molecule has 89 heavy (non-hydrogen) atoms. The van der Waals surface area contributed by atoms with Crippen molar-refractivity contribution in [3.05, 3.63) is 339 Å². The summed E-state index contributed by atoms with van der Waals surface area (Å²) in [6.07, 6.45) is 0. The molecule has 0 N–H and O–H groups in total. The second-order valence-corrected chi connectivity index (χ2v) is 24.3. The number of anilines is 3. The number of fused-ring (bicyclic) bond motifs is 9. The van der Waals surface area contributed by atoms with Crippen LogP contribution in [-0.4, -0.2) is 4.57 Å².